The Morgan fingerprint density at radius 1 is 1.17 bits per heavy atom. The van der Waals surface area contributed by atoms with Crippen LogP contribution in [0.3, 0.4) is 0 Å². The van der Waals surface area contributed by atoms with Crippen molar-refractivity contribution in [2.24, 2.45) is 17.8 Å². The van der Waals surface area contributed by atoms with Crippen molar-refractivity contribution in [3.8, 4) is 0 Å². The number of likely N-dealkylation sites (tertiary alicyclic amines) is 1. The minimum absolute atomic E-state index is 0.0323. The molecule has 6 heteroatoms. The number of hydrogen-bond donors (Lipinski definition) is 1. The van der Waals surface area contributed by atoms with Crippen LogP contribution in [0.5, 0.6) is 0 Å². The van der Waals surface area contributed by atoms with E-state index in [1.54, 1.807) is 11.3 Å². The number of aromatic nitrogens is 1. The normalized spacial score (nSPS) is 26.0. The minimum atomic E-state index is 0.0323. The van der Waals surface area contributed by atoms with Crippen molar-refractivity contribution < 1.29 is 9.59 Å². The molecule has 2 fully saturated rings. The van der Waals surface area contributed by atoms with Gasteiger partial charge in [0.2, 0.25) is 5.91 Å². The van der Waals surface area contributed by atoms with E-state index < -0.39 is 0 Å². The number of carbonyl (C=O) groups is 2. The molecule has 0 spiro atoms. The fraction of sp³-hybridized carbons (Fsp3) is 0.652. The average molecular weight is 416 g/mol. The summed E-state index contributed by atoms with van der Waals surface area (Å²) in [4.78, 5) is 27.9. The fourth-order valence-electron chi connectivity index (χ4n) is 5.09. The van der Waals surface area contributed by atoms with Gasteiger partial charge < -0.3 is 14.8 Å². The van der Waals surface area contributed by atoms with Gasteiger partial charge >= 0.3 is 0 Å². The van der Waals surface area contributed by atoms with E-state index in [1.807, 2.05) is 11.0 Å². The van der Waals surface area contributed by atoms with Gasteiger partial charge in [-0.2, -0.15) is 0 Å². The Morgan fingerprint density at radius 3 is 2.66 bits per heavy atom. The molecular formula is C23H33N3O2S. The molecule has 0 unspecified atom stereocenters. The number of nitrogens with zero attached hydrogens (tertiary/aromatic N) is 2. The van der Waals surface area contributed by atoms with Gasteiger partial charge in [0.1, 0.15) is 5.69 Å². The monoisotopic (exact) mass is 415 g/mol. The van der Waals surface area contributed by atoms with Crippen LogP contribution >= 0.6 is 11.3 Å². The Kier molecular flexibility index (Phi) is 6.00. The molecule has 4 rings (SSSR count). The minimum Gasteiger partial charge on any atom is -0.353 e. The van der Waals surface area contributed by atoms with Crippen LogP contribution in [0.2, 0.25) is 0 Å². The molecule has 1 aliphatic carbocycles. The van der Waals surface area contributed by atoms with Crippen LogP contribution in [0.25, 0.3) is 10.2 Å². The van der Waals surface area contributed by atoms with Crippen molar-refractivity contribution in [1.29, 1.82) is 0 Å². The molecule has 0 bridgehead atoms. The van der Waals surface area contributed by atoms with Gasteiger partial charge in [-0.3, -0.25) is 9.59 Å². The quantitative estimate of drug-likeness (QED) is 0.798. The molecule has 1 N–H and O–H groups in total. The second kappa shape index (κ2) is 8.50. The third kappa shape index (κ3) is 3.96. The Labute approximate surface area is 177 Å². The number of thiophene rings is 1. The van der Waals surface area contributed by atoms with Crippen molar-refractivity contribution in [3.05, 3.63) is 23.2 Å². The van der Waals surface area contributed by atoms with E-state index >= 15 is 0 Å². The first-order chi connectivity index (χ1) is 14.0. The summed E-state index contributed by atoms with van der Waals surface area (Å²) in [6.45, 7) is 8.76. The van der Waals surface area contributed by atoms with Gasteiger partial charge in [-0.1, -0.05) is 26.7 Å². The lowest BCUT2D eigenvalue weighted by Crippen LogP contribution is -2.48. The molecule has 2 aromatic rings. The van der Waals surface area contributed by atoms with Gasteiger partial charge in [-0.15, -0.1) is 11.3 Å². The molecule has 2 aliphatic rings. The summed E-state index contributed by atoms with van der Waals surface area (Å²) in [5.41, 5.74) is 1.92. The maximum atomic E-state index is 13.1. The third-order valence-electron chi connectivity index (χ3n) is 7.25. The van der Waals surface area contributed by atoms with Crippen LogP contribution in [-0.4, -0.2) is 40.4 Å². The molecule has 1 saturated heterocycles. The summed E-state index contributed by atoms with van der Waals surface area (Å²) in [5.74, 6) is 1.55. The van der Waals surface area contributed by atoms with Crippen LogP contribution < -0.4 is 5.32 Å². The zero-order valence-corrected chi connectivity index (χ0v) is 18.6. The van der Waals surface area contributed by atoms with E-state index in [4.69, 9.17) is 0 Å². The Morgan fingerprint density at radius 2 is 1.93 bits per heavy atom. The molecule has 0 radical (unpaired) electrons. The molecule has 29 heavy (non-hydrogen) atoms. The molecule has 1 saturated carbocycles. The SMILES string of the molecule is CCn1c(C(=O)N2CCC(C(=O)N[C@@H]3CCC[C@@H](C)[C@@H]3C)CC2)cc2sccc21. The lowest BCUT2D eigenvalue weighted by Gasteiger charge is -2.37. The summed E-state index contributed by atoms with van der Waals surface area (Å²) in [6.07, 6.45) is 5.09. The second-order valence-electron chi connectivity index (χ2n) is 8.89. The van der Waals surface area contributed by atoms with Gasteiger partial charge in [0.15, 0.2) is 0 Å². The Hall–Kier alpha value is -1.82. The summed E-state index contributed by atoms with van der Waals surface area (Å²) < 4.78 is 3.28. The molecule has 0 aromatic carbocycles. The maximum Gasteiger partial charge on any atom is 0.270 e. The first-order valence-corrected chi connectivity index (χ1v) is 12.0. The van der Waals surface area contributed by atoms with Crippen molar-refractivity contribution in [3.63, 3.8) is 0 Å². The van der Waals surface area contributed by atoms with E-state index in [-0.39, 0.29) is 17.7 Å². The van der Waals surface area contributed by atoms with E-state index in [0.29, 0.717) is 31.0 Å². The molecular weight excluding hydrogens is 382 g/mol. The predicted octanol–water partition coefficient (Wildman–Crippen LogP) is 4.52. The van der Waals surface area contributed by atoms with Gasteiger partial charge in [0.05, 0.1) is 10.2 Å². The van der Waals surface area contributed by atoms with Crippen LogP contribution in [-0.2, 0) is 11.3 Å². The Balaban J connectivity index is 1.35. The van der Waals surface area contributed by atoms with E-state index in [2.05, 4.69) is 42.1 Å². The van der Waals surface area contributed by atoms with Crippen molar-refractivity contribution in [2.45, 2.75) is 65.5 Å². The highest BCUT2D eigenvalue weighted by Crippen LogP contribution is 2.31. The summed E-state index contributed by atoms with van der Waals surface area (Å²) >= 11 is 1.68. The highest BCUT2D eigenvalue weighted by atomic mass is 32.1. The Bertz CT molecular complexity index is 878. The number of amides is 2. The standard InChI is InChI=1S/C23H33N3O2S/c1-4-26-19-10-13-29-21(19)14-20(26)23(28)25-11-8-17(9-12-25)22(27)24-18-7-5-6-15(2)16(18)3/h10,13-18H,4-9,11-12H2,1-3H3,(H,24,27)/t15-,16+,18-/m1/s1. The molecule has 2 aromatic heterocycles. The maximum absolute atomic E-state index is 13.1. The van der Waals surface area contributed by atoms with Crippen molar-refractivity contribution in [1.82, 2.24) is 14.8 Å². The highest BCUT2D eigenvalue weighted by molar-refractivity contribution is 7.17. The van der Waals surface area contributed by atoms with Crippen molar-refractivity contribution in [2.75, 3.05) is 13.1 Å². The molecule has 3 heterocycles. The second-order valence-corrected chi connectivity index (χ2v) is 9.84. The summed E-state index contributed by atoms with van der Waals surface area (Å²) in [6, 6.07) is 4.42. The van der Waals surface area contributed by atoms with Crippen molar-refractivity contribution >= 4 is 33.4 Å². The molecule has 5 nitrogen and oxygen atoms in total. The average Bonchev–Trinajstić information content (AvgIpc) is 3.32. The summed E-state index contributed by atoms with van der Waals surface area (Å²) in [7, 11) is 0. The number of rotatable bonds is 4. The van der Waals surface area contributed by atoms with Crippen LogP contribution in [0, 0.1) is 17.8 Å². The first-order valence-electron chi connectivity index (χ1n) is 11.2. The van der Waals surface area contributed by atoms with Crippen LogP contribution in [0.4, 0.5) is 0 Å². The largest absolute Gasteiger partial charge is 0.353 e. The van der Waals surface area contributed by atoms with Gasteiger partial charge in [0.25, 0.3) is 5.91 Å². The topological polar surface area (TPSA) is 54.3 Å². The fourth-order valence-corrected chi connectivity index (χ4v) is 5.91. The molecule has 1 aliphatic heterocycles. The van der Waals surface area contributed by atoms with Gasteiger partial charge in [-0.25, -0.2) is 0 Å². The number of piperidine rings is 1. The predicted molar refractivity (Wildman–Crippen MR) is 118 cm³/mol. The highest BCUT2D eigenvalue weighted by Gasteiger charge is 2.33. The molecule has 158 valence electrons. The lowest BCUT2D eigenvalue weighted by molar-refractivity contribution is -0.127. The molecule has 2 amide bonds. The number of nitrogens with one attached hydrogen (secondary N) is 1. The van der Waals surface area contributed by atoms with Crippen LogP contribution in [0.15, 0.2) is 17.5 Å². The van der Waals surface area contributed by atoms with E-state index in [1.165, 1.54) is 17.5 Å². The summed E-state index contributed by atoms with van der Waals surface area (Å²) in [5, 5.41) is 5.40. The lowest BCUT2D eigenvalue weighted by atomic mass is 9.78. The van der Waals surface area contributed by atoms with E-state index in [0.717, 1.165) is 37.0 Å². The number of fused-ring (bicyclic) bond motifs is 1. The van der Waals surface area contributed by atoms with Gasteiger partial charge in [-0.05, 0) is 55.5 Å². The third-order valence-corrected chi connectivity index (χ3v) is 8.10. The zero-order valence-electron chi connectivity index (χ0n) is 17.8. The smallest absolute Gasteiger partial charge is 0.270 e. The number of hydrogen-bond acceptors (Lipinski definition) is 3. The first kappa shape index (κ1) is 20.5. The number of aryl methyl sites for hydroxylation is 1. The van der Waals surface area contributed by atoms with Crippen LogP contribution in [0.1, 0.15) is 63.4 Å². The number of carbonyl (C=O) groups excluding carboxylic acids is 2. The van der Waals surface area contributed by atoms with E-state index in [9.17, 15) is 9.59 Å². The zero-order chi connectivity index (χ0) is 20.5. The van der Waals surface area contributed by atoms with Gasteiger partial charge in [0, 0.05) is 31.6 Å². The molecule has 3 atom stereocenters.